The van der Waals surface area contributed by atoms with Gasteiger partial charge in [-0.2, -0.15) is 0 Å². The summed E-state index contributed by atoms with van der Waals surface area (Å²) in [6.07, 6.45) is 0. The number of para-hydroxylation sites is 1. The SMILES string of the molecule is Cc1nc(C)c(C(C)Nc2cccc(Cl)c2N(C)C)s1. The second-order valence-corrected chi connectivity index (χ2v) is 6.72. The van der Waals surface area contributed by atoms with E-state index in [0.29, 0.717) is 0 Å². The van der Waals surface area contributed by atoms with E-state index < -0.39 is 0 Å². The molecule has 0 saturated carbocycles. The molecule has 0 radical (unpaired) electrons. The summed E-state index contributed by atoms with van der Waals surface area (Å²) in [5.74, 6) is 0. The van der Waals surface area contributed by atoms with Crippen molar-refractivity contribution in [2.24, 2.45) is 0 Å². The van der Waals surface area contributed by atoms with Crippen LogP contribution in [0.1, 0.15) is 28.5 Å². The van der Waals surface area contributed by atoms with Crippen LogP contribution in [0.3, 0.4) is 0 Å². The van der Waals surface area contributed by atoms with Gasteiger partial charge < -0.3 is 10.2 Å². The lowest BCUT2D eigenvalue weighted by Gasteiger charge is -2.22. The molecule has 2 aromatic rings. The average Bonchev–Trinajstić information content (AvgIpc) is 2.68. The average molecular weight is 310 g/mol. The zero-order valence-electron chi connectivity index (χ0n) is 12.5. The van der Waals surface area contributed by atoms with Gasteiger partial charge in [0.2, 0.25) is 0 Å². The molecular weight excluding hydrogens is 290 g/mol. The van der Waals surface area contributed by atoms with Gasteiger partial charge in [0.15, 0.2) is 0 Å². The fraction of sp³-hybridized carbons (Fsp3) is 0.400. The minimum Gasteiger partial charge on any atom is -0.376 e. The first-order valence-corrected chi connectivity index (χ1v) is 7.76. The summed E-state index contributed by atoms with van der Waals surface area (Å²) >= 11 is 8.04. The summed E-state index contributed by atoms with van der Waals surface area (Å²) in [5.41, 5.74) is 3.15. The third-order valence-corrected chi connectivity index (χ3v) is 4.70. The van der Waals surface area contributed by atoms with Gasteiger partial charge in [-0.05, 0) is 32.9 Å². The summed E-state index contributed by atoms with van der Waals surface area (Å²) in [5, 5.41) is 5.40. The van der Waals surface area contributed by atoms with Crippen molar-refractivity contribution in [1.29, 1.82) is 0 Å². The molecule has 1 unspecified atom stereocenters. The van der Waals surface area contributed by atoms with Gasteiger partial charge in [-0.3, -0.25) is 0 Å². The van der Waals surface area contributed by atoms with Gasteiger partial charge in [0.1, 0.15) is 0 Å². The Bertz CT molecular complexity index is 607. The monoisotopic (exact) mass is 309 g/mol. The van der Waals surface area contributed by atoms with Gasteiger partial charge in [0.25, 0.3) is 0 Å². The van der Waals surface area contributed by atoms with Gasteiger partial charge in [-0.25, -0.2) is 4.98 Å². The molecule has 0 spiro atoms. The van der Waals surface area contributed by atoms with E-state index in [1.165, 1.54) is 4.88 Å². The Morgan fingerprint density at radius 3 is 2.55 bits per heavy atom. The quantitative estimate of drug-likeness (QED) is 0.891. The third-order valence-electron chi connectivity index (χ3n) is 3.14. The topological polar surface area (TPSA) is 28.2 Å². The van der Waals surface area contributed by atoms with Crippen molar-refractivity contribution < 1.29 is 0 Å². The fourth-order valence-corrected chi connectivity index (χ4v) is 3.61. The van der Waals surface area contributed by atoms with Crippen LogP contribution in [0.25, 0.3) is 0 Å². The van der Waals surface area contributed by atoms with Crippen LogP contribution < -0.4 is 10.2 Å². The first-order valence-electron chi connectivity index (χ1n) is 6.56. The van der Waals surface area contributed by atoms with E-state index in [4.69, 9.17) is 11.6 Å². The lowest BCUT2D eigenvalue weighted by Crippen LogP contribution is -2.14. The lowest BCUT2D eigenvalue weighted by atomic mass is 10.2. The van der Waals surface area contributed by atoms with Crippen LogP contribution in [0.5, 0.6) is 0 Å². The maximum absolute atomic E-state index is 6.30. The van der Waals surface area contributed by atoms with E-state index in [9.17, 15) is 0 Å². The van der Waals surface area contributed by atoms with Crippen LogP contribution in [0.4, 0.5) is 11.4 Å². The van der Waals surface area contributed by atoms with Crippen LogP contribution >= 0.6 is 22.9 Å². The third kappa shape index (κ3) is 3.07. The zero-order valence-corrected chi connectivity index (χ0v) is 14.1. The maximum atomic E-state index is 6.30. The van der Waals surface area contributed by atoms with Crippen molar-refractivity contribution in [3.8, 4) is 0 Å². The zero-order chi connectivity index (χ0) is 14.9. The van der Waals surface area contributed by atoms with Gasteiger partial charge >= 0.3 is 0 Å². The number of thiazole rings is 1. The highest BCUT2D eigenvalue weighted by molar-refractivity contribution is 7.11. The van der Waals surface area contributed by atoms with E-state index in [2.05, 4.69) is 30.2 Å². The normalized spacial score (nSPS) is 12.3. The Morgan fingerprint density at radius 1 is 1.30 bits per heavy atom. The van der Waals surface area contributed by atoms with E-state index >= 15 is 0 Å². The molecule has 1 aromatic carbocycles. The van der Waals surface area contributed by atoms with Gasteiger partial charge in [-0.15, -0.1) is 11.3 Å². The second-order valence-electron chi connectivity index (χ2n) is 5.08. The molecule has 1 atom stereocenters. The van der Waals surface area contributed by atoms with Gasteiger partial charge in [0.05, 0.1) is 33.1 Å². The molecule has 3 nitrogen and oxygen atoms in total. The summed E-state index contributed by atoms with van der Waals surface area (Å²) in [6, 6.07) is 6.14. The van der Waals surface area contributed by atoms with Crippen LogP contribution in [0, 0.1) is 13.8 Å². The highest BCUT2D eigenvalue weighted by Crippen LogP contribution is 2.35. The Labute approximate surface area is 129 Å². The number of benzene rings is 1. The first-order chi connectivity index (χ1) is 9.40. The molecule has 1 heterocycles. The molecule has 108 valence electrons. The predicted molar refractivity (Wildman–Crippen MR) is 89.4 cm³/mol. The Morgan fingerprint density at radius 2 is 2.00 bits per heavy atom. The number of rotatable bonds is 4. The Hall–Kier alpha value is -1.26. The number of hydrogen-bond acceptors (Lipinski definition) is 4. The molecule has 0 aliphatic carbocycles. The van der Waals surface area contributed by atoms with Crippen molar-refractivity contribution in [2.75, 3.05) is 24.3 Å². The Balaban J connectivity index is 2.30. The summed E-state index contributed by atoms with van der Waals surface area (Å²) in [7, 11) is 4.00. The largest absolute Gasteiger partial charge is 0.376 e. The number of nitrogens with one attached hydrogen (secondary N) is 1. The smallest absolute Gasteiger partial charge is 0.0900 e. The standard InChI is InChI=1S/C15H20ClN3S/c1-9-15(20-11(3)17-9)10(2)18-13-8-6-7-12(16)14(13)19(4)5/h6-8,10,18H,1-5H3. The maximum Gasteiger partial charge on any atom is 0.0900 e. The summed E-state index contributed by atoms with van der Waals surface area (Å²) in [4.78, 5) is 7.79. The van der Waals surface area contributed by atoms with E-state index in [0.717, 1.165) is 27.1 Å². The van der Waals surface area contributed by atoms with E-state index in [-0.39, 0.29) is 6.04 Å². The lowest BCUT2D eigenvalue weighted by molar-refractivity contribution is 0.888. The highest BCUT2D eigenvalue weighted by atomic mass is 35.5. The van der Waals surface area contributed by atoms with Crippen molar-refractivity contribution in [3.05, 3.63) is 38.8 Å². The number of aryl methyl sites for hydroxylation is 2. The highest BCUT2D eigenvalue weighted by Gasteiger charge is 2.16. The number of halogens is 1. The molecule has 0 fully saturated rings. The predicted octanol–water partition coefficient (Wildman–Crippen LogP) is 4.65. The molecule has 0 aliphatic heterocycles. The van der Waals surface area contributed by atoms with Crippen molar-refractivity contribution >= 4 is 34.3 Å². The van der Waals surface area contributed by atoms with Crippen LogP contribution in [-0.2, 0) is 0 Å². The van der Waals surface area contributed by atoms with Crippen molar-refractivity contribution in [3.63, 3.8) is 0 Å². The van der Waals surface area contributed by atoms with E-state index in [1.807, 2.05) is 38.1 Å². The molecule has 20 heavy (non-hydrogen) atoms. The first kappa shape index (κ1) is 15.1. The second kappa shape index (κ2) is 6.02. The summed E-state index contributed by atoms with van der Waals surface area (Å²) < 4.78 is 0. The molecule has 0 bridgehead atoms. The van der Waals surface area contributed by atoms with Crippen molar-refractivity contribution in [1.82, 2.24) is 4.98 Å². The molecule has 1 N–H and O–H groups in total. The molecule has 5 heteroatoms. The fourth-order valence-electron chi connectivity index (χ4n) is 2.33. The number of hydrogen-bond donors (Lipinski definition) is 1. The molecule has 1 aromatic heterocycles. The Kier molecular flexibility index (Phi) is 4.55. The van der Waals surface area contributed by atoms with E-state index in [1.54, 1.807) is 11.3 Å². The molecule has 2 rings (SSSR count). The molecule has 0 amide bonds. The van der Waals surface area contributed by atoms with Crippen LogP contribution in [0.15, 0.2) is 18.2 Å². The van der Waals surface area contributed by atoms with Crippen LogP contribution in [-0.4, -0.2) is 19.1 Å². The molecule has 0 saturated heterocycles. The molecule has 0 aliphatic rings. The number of anilines is 2. The molecular formula is C15H20ClN3S. The van der Waals surface area contributed by atoms with Gasteiger partial charge in [0, 0.05) is 19.0 Å². The number of nitrogens with zero attached hydrogens (tertiary/aromatic N) is 2. The number of aromatic nitrogens is 1. The van der Waals surface area contributed by atoms with Crippen LogP contribution in [0.2, 0.25) is 5.02 Å². The minimum atomic E-state index is 0.207. The van der Waals surface area contributed by atoms with Crippen molar-refractivity contribution in [2.45, 2.75) is 26.8 Å². The minimum absolute atomic E-state index is 0.207. The summed E-state index contributed by atoms with van der Waals surface area (Å²) in [6.45, 7) is 6.25. The van der Waals surface area contributed by atoms with Gasteiger partial charge in [-0.1, -0.05) is 17.7 Å².